The molecular formula is C28H38O4. The predicted molar refractivity (Wildman–Crippen MR) is 133 cm³/mol. The van der Waals surface area contributed by atoms with E-state index in [0.29, 0.717) is 23.7 Å². The molecule has 1 unspecified atom stereocenters. The lowest BCUT2D eigenvalue weighted by molar-refractivity contribution is 0.0983. The van der Waals surface area contributed by atoms with Gasteiger partial charge in [0.25, 0.3) is 0 Å². The molecule has 1 aliphatic heterocycles. The van der Waals surface area contributed by atoms with E-state index in [-0.39, 0.29) is 17.1 Å². The minimum Gasteiger partial charge on any atom is -0.507 e. The van der Waals surface area contributed by atoms with Crippen LogP contribution in [-0.2, 0) is 0 Å². The molecule has 0 bridgehead atoms. The molecule has 0 aromatic heterocycles. The second-order valence-corrected chi connectivity index (χ2v) is 9.32. The fourth-order valence-corrected chi connectivity index (χ4v) is 3.63. The molecule has 0 spiro atoms. The van der Waals surface area contributed by atoms with E-state index in [2.05, 4.69) is 52.8 Å². The number of ether oxygens (including phenoxy) is 2. The highest BCUT2D eigenvalue weighted by Crippen LogP contribution is 2.45. The van der Waals surface area contributed by atoms with Crippen LogP contribution in [0.2, 0.25) is 0 Å². The van der Waals surface area contributed by atoms with Crippen LogP contribution in [0, 0.1) is 0 Å². The molecule has 2 rings (SSSR count). The Kier molecular flexibility index (Phi) is 8.94. The van der Waals surface area contributed by atoms with Gasteiger partial charge in [-0.05, 0) is 92.4 Å². The second kappa shape index (κ2) is 11.2. The third kappa shape index (κ3) is 7.15. The molecule has 1 aliphatic rings. The monoisotopic (exact) mass is 438 g/mol. The molecule has 0 fully saturated rings. The Morgan fingerprint density at radius 2 is 1.72 bits per heavy atom. The van der Waals surface area contributed by atoms with Crippen molar-refractivity contribution in [1.29, 1.82) is 0 Å². The van der Waals surface area contributed by atoms with E-state index < -0.39 is 5.60 Å². The number of phenols is 1. The fourth-order valence-electron chi connectivity index (χ4n) is 3.63. The van der Waals surface area contributed by atoms with Gasteiger partial charge >= 0.3 is 0 Å². The maximum Gasteiger partial charge on any atom is 0.167 e. The number of allylic oxidation sites excluding steroid dienone is 5. The lowest BCUT2D eigenvalue weighted by atomic mass is 9.92. The summed E-state index contributed by atoms with van der Waals surface area (Å²) in [6, 6.07) is 1.52. The van der Waals surface area contributed by atoms with Gasteiger partial charge in [-0.15, -0.1) is 0 Å². The summed E-state index contributed by atoms with van der Waals surface area (Å²) in [6.07, 6.45) is 14.0. The molecule has 0 radical (unpaired) electrons. The van der Waals surface area contributed by atoms with E-state index in [9.17, 15) is 9.90 Å². The zero-order valence-corrected chi connectivity index (χ0v) is 20.7. The van der Waals surface area contributed by atoms with E-state index in [1.807, 2.05) is 19.1 Å². The molecule has 0 saturated heterocycles. The summed E-state index contributed by atoms with van der Waals surface area (Å²) in [5, 5.41) is 10.6. The third-order valence-corrected chi connectivity index (χ3v) is 5.51. The van der Waals surface area contributed by atoms with Crippen molar-refractivity contribution < 1.29 is 19.4 Å². The van der Waals surface area contributed by atoms with Crippen LogP contribution in [-0.4, -0.2) is 23.1 Å². The first kappa shape index (κ1) is 25.5. The summed E-state index contributed by atoms with van der Waals surface area (Å²) in [5.74, 6) is 0.567. The Morgan fingerprint density at radius 1 is 1.06 bits per heavy atom. The van der Waals surface area contributed by atoms with Crippen molar-refractivity contribution >= 4 is 11.9 Å². The van der Waals surface area contributed by atoms with Gasteiger partial charge in [-0.25, -0.2) is 0 Å². The molecule has 4 nitrogen and oxygen atoms in total. The topological polar surface area (TPSA) is 55.8 Å². The van der Waals surface area contributed by atoms with Gasteiger partial charge in [0.15, 0.2) is 5.78 Å². The number of Topliss-reactive ketones (excluding diaryl/α,β-unsaturated/α-hetero) is 1. The van der Waals surface area contributed by atoms with Gasteiger partial charge in [-0.1, -0.05) is 28.9 Å². The van der Waals surface area contributed by atoms with Gasteiger partial charge < -0.3 is 14.6 Å². The van der Waals surface area contributed by atoms with Gasteiger partial charge in [0, 0.05) is 6.07 Å². The van der Waals surface area contributed by atoms with E-state index in [1.165, 1.54) is 29.7 Å². The predicted octanol–water partition coefficient (Wildman–Crippen LogP) is 7.58. The highest BCUT2D eigenvalue weighted by Gasteiger charge is 2.32. The quantitative estimate of drug-likeness (QED) is 0.302. The Labute approximate surface area is 193 Å². The number of hydrogen-bond donors (Lipinski definition) is 1. The second-order valence-electron chi connectivity index (χ2n) is 9.32. The average Bonchev–Trinajstić information content (AvgIpc) is 2.66. The van der Waals surface area contributed by atoms with Gasteiger partial charge in [0.2, 0.25) is 0 Å². The number of rotatable bonds is 10. The average molecular weight is 439 g/mol. The van der Waals surface area contributed by atoms with Crippen molar-refractivity contribution in [2.45, 2.75) is 79.8 Å². The maximum absolute atomic E-state index is 12.3. The molecule has 1 heterocycles. The summed E-state index contributed by atoms with van der Waals surface area (Å²) in [7, 11) is 0. The SMILES string of the molecule is CC(=O)c1c(O)cc(OCC=C(C)CCC=C(C)C)c2c1OC(C)(CCC=C(C)C)C=C2. The number of fused-ring (bicyclic) bond motifs is 1. The number of hydrogen-bond acceptors (Lipinski definition) is 4. The molecule has 1 N–H and O–H groups in total. The van der Waals surface area contributed by atoms with E-state index in [1.54, 1.807) is 0 Å². The van der Waals surface area contributed by atoms with E-state index in [4.69, 9.17) is 9.47 Å². The van der Waals surface area contributed by atoms with Gasteiger partial charge in [-0.2, -0.15) is 0 Å². The molecule has 0 aliphatic carbocycles. The van der Waals surface area contributed by atoms with Crippen LogP contribution in [0.1, 0.15) is 90.1 Å². The zero-order chi connectivity index (χ0) is 23.9. The fraction of sp³-hybridized carbons (Fsp3) is 0.464. The van der Waals surface area contributed by atoms with Crippen LogP contribution in [0.3, 0.4) is 0 Å². The zero-order valence-electron chi connectivity index (χ0n) is 20.7. The van der Waals surface area contributed by atoms with E-state index in [0.717, 1.165) is 25.7 Å². The summed E-state index contributed by atoms with van der Waals surface area (Å²) >= 11 is 0. The standard InChI is InChI=1S/C28H38O4/c1-19(2)10-8-12-21(5)14-17-31-25-18-24(30)26(22(6)29)27-23(25)13-16-28(7,32-27)15-9-11-20(3)4/h10-11,13-14,16,18,30H,8-9,12,15,17H2,1-7H3. The Morgan fingerprint density at radius 3 is 2.34 bits per heavy atom. The Hall–Kier alpha value is -2.75. The summed E-state index contributed by atoms with van der Waals surface area (Å²) in [5.41, 5.74) is 4.17. The number of aromatic hydroxyl groups is 1. The number of phenolic OH excluding ortho intramolecular Hbond substituents is 1. The van der Waals surface area contributed by atoms with Crippen molar-refractivity contribution in [3.63, 3.8) is 0 Å². The van der Waals surface area contributed by atoms with Crippen molar-refractivity contribution in [1.82, 2.24) is 0 Å². The van der Waals surface area contributed by atoms with Crippen LogP contribution in [0.5, 0.6) is 17.2 Å². The molecule has 1 aromatic rings. The molecular weight excluding hydrogens is 400 g/mol. The van der Waals surface area contributed by atoms with Gasteiger partial charge in [0.1, 0.15) is 35.0 Å². The summed E-state index contributed by atoms with van der Waals surface area (Å²) in [6.45, 7) is 14.3. The first-order valence-electron chi connectivity index (χ1n) is 11.4. The Bertz CT molecular complexity index is 954. The maximum atomic E-state index is 12.3. The van der Waals surface area contributed by atoms with Crippen molar-refractivity contribution in [3.8, 4) is 17.2 Å². The first-order valence-corrected chi connectivity index (χ1v) is 11.4. The smallest absolute Gasteiger partial charge is 0.167 e. The van der Waals surface area contributed by atoms with Crippen molar-refractivity contribution in [3.05, 3.63) is 58.2 Å². The molecule has 32 heavy (non-hydrogen) atoms. The molecule has 0 saturated carbocycles. The molecule has 1 aromatic carbocycles. The van der Waals surface area contributed by atoms with E-state index >= 15 is 0 Å². The van der Waals surface area contributed by atoms with Crippen LogP contribution in [0.25, 0.3) is 6.08 Å². The number of carbonyl (C=O) groups excluding carboxylic acids is 1. The summed E-state index contributed by atoms with van der Waals surface area (Å²) in [4.78, 5) is 12.3. The van der Waals surface area contributed by atoms with Crippen molar-refractivity contribution in [2.75, 3.05) is 6.61 Å². The first-order chi connectivity index (χ1) is 15.0. The number of ketones is 1. The molecule has 174 valence electrons. The highest BCUT2D eigenvalue weighted by atomic mass is 16.5. The largest absolute Gasteiger partial charge is 0.507 e. The highest BCUT2D eigenvalue weighted by molar-refractivity contribution is 6.01. The lowest BCUT2D eigenvalue weighted by Crippen LogP contribution is -2.32. The minimum atomic E-state index is -0.560. The lowest BCUT2D eigenvalue weighted by Gasteiger charge is -2.33. The van der Waals surface area contributed by atoms with Gasteiger partial charge in [-0.3, -0.25) is 4.79 Å². The van der Waals surface area contributed by atoms with Gasteiger partial charge in [0.05, 0.1) is 5.56 Å². The van der Waals surface area contributed by atoms with Crippen molar-refractivity contribution in [2.24, 2.45) is 0 Å². The number of benzene rings is 1. The normalized spacial score (nSPS) is 17.3. The van der Waals surface area contributed by atoms with Crippen LogP contribution >= 0.6 is 0 Å². The summed E-state index contributed by atoms with van der Waals surface area (Å²) < 4.78 is 12.3. The Balaban J connectivity index is 2.26. The third-order valence-electron chi connectivity index (χ3n) is 5.51. The molecule has 4 heteroatoms. The molecule has 1 atom stereocenters. The van der Waals surface area contributed by atoms with Crippen LogP contribution < -0.4 is 9.47 Å². The number of carbonyl (C=O) groups is 1. The van der Waals surface area contributed by atoms with Crippen LogP contribution in [0.15, 0.2) is 47.1 Å². The minimum absolute atomic E-state index is 0.113. The molecule has 0 amide bonds. The van der Waals surface area contributed by atoms with Crippen LogP contribution in [0.4, 0.5) is 0 Å².